The summed E-state index contributed by atoms with van der Waals surface area (Å²) < 4.78 is 25.4. The smallest absolute Gasteiger partial charge is 0.258 e. The van der Waals surface area contributed by atoms with Gasteiger partial charge in [-0.3, -0.25) is 9.59 Å². The summed E-state index contributed by atoms with van der Waals surface area (Å²) in [4.78, 5) is 26.8. The van der Waals surface area contributed by atoms with Crippen molar-refractivity contribution in [2.75, 3.05) is 25.5 Å². The van der Waals surface area contributed by atoms with Crippen LogP contribution < -0.4 is 4.90 Å². The number of hydrogen-bond acceptors (Lipinski definition) is 4. The first-order valence-electron chi connectivity index (χ1n) is 8.20. The number of ketones is 1. The van der Waals surface area contributed by atoms with Crippen molar-refractivity contribution in [1.29, 1.82) is 0 Å². The van der Waals surface area contributed by atoms with Crippen LogP contribution in [0.15, 0.2) is 47.4 Å². The number of carbonyl (C=O) groups excluding carboxylic acids is 2. The lowest BCUT2D eigenvalue weighted by Gasteiger charge is -2.29. The zero-order valence-corrected chi connectivity index (χ0v) is 15.7. The first-order valence-corrected chi connectivity index (χ1v) is 9.64. The molecule has 3 rings (SSSR count). The Morgan fingerprint density at radius 1 is 1.08 bits per heavy atom. The van der Waals surface area contributed by atoms with Crippen LogP contribution in [0.25, 0.3) is 0 Å². The molecule has 136 valence electrons. The van der Waals surface area contributed by atoms with Crippen LogP contribution in [0.5, 0.6) is 0 Å². The van der Waals surface area contributed by atoms with Crippen molar-refractivity contribution in [1.82, 2.24) is 4.31 Å². The molecule has 0 saturated carbocycles. The van der Waals surface area contributed by atoms with Gasteiger partial charge in [0, 0.05) is 38.2 Å². The first-order chi connectivity index (χ1) is 12.2. The second-order valence-corrected chi connectivity index (χ2v) is 8.61. The fourth-order valence-corrected chi connectivity index (χ4v) is 3.83. The van der Waals surface area contributed by atoms with Crippen molar-refractivity contribution in [3.8, 4) is 0 Å². The number of nitrogens with zero attached hydrogens (tertiary/aromatic N) is 2. The molecule has 0 aromatic heterocycles. The lowest BCUT2D eigenvalue weighted by Crippen LogP contribution is -2.37. The number of carbonyl (C=O) groups is 2. The van der Waals surface area contributed by atoms with E-state index in [9.17, 15) is 18.0 Å². The fourth-order valence-electron chi connectivity index (χ4n) is 2.92. The molecule has 1 amide bonds. The Labute approximate surface area is 153 Å². The van der Waals surface area contributed by atoms with E-state index in [1.165, 1.54) is 38.4 Å². The Morgan fingerprint density at radius 3 is 2.35 bits per heavy atom. The molecule has 0 aliphatic carbocycles. The second-order valence-electron chi connectivity index (χ2n) is 6.46. The number of hydrogen-bond donors (Lipinski definition) is 0. The number of anilines is 1. The van der Waals surface area contributed by atoms with Gasteiger partial charge in [0.2, 0.25) is 10.0 Å². The van der Waals surface area contributed by atoms with E-state index in [4.69, 9.17) is 0 Å². The standard InChI is InChI=1S/C19H20N2O4S/c1-13-4-9-17-16(12-13)18(22)10-11-21(17)19(23)14-5-7-15(8-6-14)26(24,25)20(2)3/h4-9,12H,10-11H2,1-3H3. The van der Waals surface area contributed by atoms with Crippen molar-refractivity contribution in [2.24, 2.45) is 0 Å². The van der Waals surface area contributed by atoms with Gasteiger partial charge in [-0.25, -0.2) is 12.7 Å². The van der Waals surface area contributed by atoms with Crippen LogP contribution in [-0.4, -0.2) is 45.1 Å². The molecule has 2 aromatic carbocycles. The van der Waals surface area contributed by atoms with Gasteiger partial charge >= 0.3 is 0 Å². The monoisotopic (exact) mass is 372 g/mol. The maximum absolute atomic E-state index is 12.9. The van der Waals surface area contributed by atoms with Crippen LogP contribution in [0.3, 0.4) is 0 Å². The zero-order valence-electron chi connectivity index (χ0n) is 14.9. The molecule has 0 N–H and O–H groups in total. The van der Waals surface area contributed by atoms with Gasteiger partial charge in [-0.15, -0.1) is 0 Å². The highest BCUT2D eigenvalue weighted by Gasteiger charge is 2.28. The van der Waals surface area contributed by atoms with Gasteiger partial charge in [0.25, 0.3) is 5.91 Å². The lowest BCUT2D eigenvalue weighted by molar-refractivity contribution is 0.0955. The van der Waals surface area contributed by atoms with Gasteiger partial charge in [-0.2, -0.15) is 0 Å². The molecular formula is C19H20N2O4S. The van der Waals surface area contributed by atoms with Crippen molar-refractivity contribution >= 4 is 27.4 Å². The van der Waals surface area contributed by atoms with E-state index >= 15 is 0 Å². The summed E-state index contributed by atoms with van der Waals surface area (Å²) in [7, 11) is -0.628. The van der Waals surface area contributed by atoms with Crippen LogP contribution in [0.1, 0.15) is 32.7 Å². The third kappa shape index (κ3) is 3.15. The van der Waals surface area contributed by atoms with Crippen molar-refractivity contribution in [2.45, 2.75) is 18.2 Å². The normalized spacial score (nSPS) is 14.5. The quantitative estimate of drug-likeness (QED) is 0.830. The van der Waals surface area contributed by atoms with Crippen molar-refractivity contribution in [3.63, 3.8) is 0 Å². The van der Waals surface area contributed by atoms with E-state index in [2.05, 4.69) is 0 Å². The SMILES string of the molecule is Cc1ccc2c(c1)C(=O)CCN2C(=O)c1ccc(S(=O)(=O)N(C)C)cc1. The summed E-state index contributed by atoms with van der Waals surface area (Å²) in [5.74, 6) is -0.225. The topological polar surface area (TPSA) is 74.8 Å². The summed E-state index contributed by atoms with van der Waals surface area (Å²) in [5, 5.41) is 0. The summed E-state index contributed by atoms with van der Waals surface area (Å²) in [6, 6.07) is 11.3. The minimum Gasteiger partial charge on any atom is -0.307 e. The van der Waals surface area contributed by atoms with Crippen LogP contribution in [0.4, 0.5) is 5.69 Å². The molecule has 1 heterocycles. The third-order valence-electron chi connectivity index (χ3n) is 4.43. The van der Waals surface area contributed by atoms with Crippen LogP contribution >= 0.6 is 0 Å². The van der Waals surface area contributed by atoms with Crippen molar-refractivity contribution in [3.05, 3.63) is 59.2 Å². The minimum absolute atomic E-state index is 0.0279. The number of amides is 1. The van der Waals surface area contributed by atoms with E-state index in [0.29, 0.717) is 23.4 Å². The van der Waals surface area contributed by atoms with E-state index < -0.39 is 10.0 Å². The molecule has 2 aromatic rings. The van der Waals surface area contributed by atoms with Gasteiger partial charge in [-0.05, 0) is 43.3 Å². The molecule has 0 atom stereocenters. The van der Waals surface area contributed by atoms with Gasteiger partial charge in [0.1, 0.15) is 0 Å². The Balaban J connectivity index is 1.94. The molecule has 0 saturated heterocycles. The maximum Gasteiger partial charge on any atom is 0.258 e. The molecule has 6 nitrogen and oxygen atoms in total. The molecule has 0 unspecified atom stereocenters. The largest absolute Gasteiger partial charge is 0.307 e. The van der Waals surface area contributed by atoms with Crippen LogP contribution in [0.2, 0.25) is 0 Å². The van der Waals surface area contributed by atoms with Gasteiger partial charge < -0.3 is 4.90 Å². The molecule has 26 heavy (non-hydrogen) atoms. The lowest BCUT2D eigenvalue weighted by atomic mass is 9.97. The predicted molar refractivity (Wildman–Crippen MR) is 99.1 cm³/mol. The predicted octanol–water partition coefficient (Wildman–Crippen LogP) is 2.48. The van der Waals surface area contributed by atoms with E-state index in [0.717, 1.165) is 9.87 Å². The van der Waals surface area contributed by atoms with Crippen LogP contribution in [0, 0.1) is 6.92 Å². The number of aryl methyl sites for hydroxylation is 1. The highest BCUT2D eigenvalue weighted by Crippen LogP contribution is 2.29. The summed E-state index contributed by atoms with van der Waals surface area (Å²) in [5.41, 5.74) is 2.49. The average Bonchev–Trinajstić information content (AvgIpc) is 2.62. The Hall–Kier alpha value is -2.51. The number of sulfonamides is 1. The third-order valence-corrected chi connectivity index (χ3v) is 6.26. The molecule has 7 heteroatoms. The summed E-state index contributed by atoms with van der Waals surface area (Å²) in [6.07, 6.45) is 0.273. The average molecular weight is 372 g/mol. The molecule has 0 fully saturated rings. The first kappa shape index (κ1) is 18.3. The zero-order chi connectivity index (χ0) is 19.1. The fraction of sp³-hybridized carbons (Fsp3) is 0.263. The van der Waals surface area contributed by atoms with Gasteiger partial charge in [0.15, 0.2) is 5.78 Å². The van der Waals surface area contributed by atoms with Crippen LogP contribution in [-0.2, 0) is 10.0 Å². The number of Topliss-reactive ketones (excluding diaryl/α,β-unsaturated/α-hetero) is 1. The highest BCUT2D eigenvalue weighted by atomic mass is 32.2. The molecule has 1 aliphatic heterocycles. The Bertz CT molecular complexity index is 979. The summed E-state index contributed by atoms with van der Waals surface area (Å²) in [6.45, 7) is 2.21. The van der Waals surface area contributed by atoms with E-state index in [-0.39, 0.29) is 23.0 Å². The Kier molecular flexibility index (Phi) is 4.68. The molecule has 1 aliphatic rings. The van der Waals surface area contributed by atoms with Gasteiger partial charge in [-0.1, -0.05) is 11.6 Å². The minimum atomic E-state index is -3.54. The number of rotatable bonds is 3. The van der Waals surface area contributed by atoms with Crippen molar-refractivity contribution < 1.29 is 18.0 Å². The molecule has 0 spiro atoms. The second kappa shape index (κ2) is 6.66. The Morgan fingerprint density at radius 2 is 1.73 bits per heavy atom. The highest BCUT2D eigenvalue weighted by molar-refractivity contribution is 7.89. The van der Waals surface area contributed by atoms with Gasteiger partial charge in [0.05, 0.1) is 10.6 Å². The number of benzene rings is 2. The molecule has 0 bridgehead atoms. The van der Waals surface area contributed by atoms with E-state index in [1.807, 2.05) is 13.0 Å². The maximum atomic E-state index is 12.9. The molecular weight excluding hydrogens is 352 g/mol. The summed E-state index contributed by atoms with van der Waals surface area (Å²) >= 11 is 0. The van der Waals surface area contributed by atoms with E-state index in [1.54, 1.807) is 17.0 Å². The number of fused-ring (bicyclic) bond motifs is 1. The molecule has 0 radical (unpaired) electrons.